The molecule has 25 valence electrons. The van der Waals surface area contributed by atoms with Crippen molar-refractivity contribution >= 4 is 52.7 Å². The molecule has 0 aliphatic carbocycles. The first-order valence-corrected chi connectivity index (χ1v) is 3.67. The minimum absolute atomic E-state index is 0. The quantitative estimate of drug-likeness (QED) is 0.552. The summed E-state index contributed by atoms with van der Waals surface area (Å²) in [5, 5.41) is 0. The van der Waals surface area contributed by atoms with Crippen molar-refractivity contribution in [3.8, 4) is 0 Å². The Morgan fingerprint density at radius 3 is 1.20 bits per heavy atom. The molecule has 5 heteroatoms. The van der Waals surface area contributed by atoms with Gasteiger partial charge in [-0.05, 0) is 0 Å². The molecule has 0 fully saturated rings. The summed E-state index contributed by atoms with van der Waals surface area (Å²) < 4.78 is 0. The summed E-state index contributed by atoms with van der Waals surface area (Å²) >= 11 is 1.27. The number of rotatable bonds is 0. The third kappa shape index (κ3) is 19.8. The van der Waals surface area contributed by atoms with Crippen LogP contribution in [0.1, 0.15) is 0 Å². The van der Waals surface area contributed by atoms with E-state index in [1.165, 1.54) is 16.8 Å². The van der Waals surface area contributed by atoms with Crippen LogP contribution < -0.4 is 0 Å². The molecule has 0 amide bonds. The van der Waals surface area contributed by atoms with Crippen LogP contribution in [0.3, 0.4) is 0 Å². The largest absolute Gasteiger partial charge is 0 e. The van der Waals surface area contributed by atoms with Crippen molar-refractivity contribution in [2.45, 2.75) is 0 Å². The first-order chi connectivity index (χ1) is 1.00. The van der Waals surface area contributed by atoms with Gasteiger partial charge in [0.2, 0.25) is 0 Å². The van der Waals surface area contributed by atoms with Gasteiger partial charge >= 0.3 is 26.9 Å². The van der Waals surface area contributed by atoms with Gasteiger partial charge in [-0.25, -0.2) is 0 Å². The fraction of sp³-hybridized carbons (Fsp3) is 0. The van der Waals surface area contributed by atoms with Crippen LogP contribution in [0.25, 0.3) is 0 Å². The molecule has 0 aliphatic rings. The molecule has 0 heterocycles. The Morgan fingerprint density at radius 2 is 1.20 bits per heavy atom. The second-order valence-electron chi connectivity index (χ2n) is 0. The molecule has 0 spiro atoms. The summed E-state index contributed by atoms with van der Waals surface area (Å²) in [6.45, 7) is 0. The standard InChI is InChI=1S/Cu.Ga.In.S.Zn. The van der Waals surface area contributed by atoms with E-state index in [4.69, 9.17) is 0 Å². The van der Waals surface area contributed by atoms with Crippen molar-refractivity contribution in [3.63, 3.8) is 0 Å². The molecule has 5 radical (unpaired) electrons. The summed E-state index contributed by atoms with van der Waals surface area (Å²) in [6, 6.07) is 0. The van der Waals surface area contributed by atoms with E-state index < -0.39 is 0 Å². The second-order valence-corrected chi connectivity index (χ2v) is 0. The zero-order chi connectivity index (χ0) is 2.00. The van der Waals surface area contributed by atoms with Gasteiger partial charge in [-0.2, -0.15) is 0 Å². The van der Waals surface area contributed by atoms with Crippen LogP contribution in [0.5, 0.6) is 0 Å². The first-order valence-electron chi connectivity index (χ1n) is 0.236. The maximum atomic E-state index is 4.15. The Balaban J connectivity index is -0.00000000167. The van der Waals surface area contributed by atoms with E-state index >= 15 is 0 Å². The zero-order valence-corrected chi connectivity index (χ0v) is 13.0. The SMILES string of the molecule is [Cu].[In].[S]=[Ga].[Zn]. The monoisotopic (exact) mass is 343 g/mol. The molecule has 0 rings (SSSR count). The minimum atomic E-state index is 0. The zero-order valence-electron chi connectivity index (χ0n) is 2.57. The third-order valence-electron chi connectivity index (χ3n) is 0. The predicted molar refractivity (Wildman–Crippen MR) is 19.1 cm³/mol. The van der Waals surface area contributed by atoms with E-state index in [1.807, 2.05) is 0 Å². The van der Waals surface area contributed by atoms with Crippen LogP contribution in [0.15, 0.2) is 0 Å². The van der Waals surface area contributed by atoms with Gasteiger partial charge < -0.3 is 0 Å². The Labute approximate surface area is 87.7 Å². The smallest absolute Gasteiger partial charge is 0 e. The van der Waals surface area contributed by atoms with Crippen molar-refractivity contribution < 1.29 is 36.5 Å². The summed E-state index contributed by atoms with van der Waals surface area (Å²) in [7, 11) is 4.15. The van der Waals surface area contributed by atoms with Gasteiger partial charge in [-0.15, -0.1) is 0 Å². The van der Waals surface area contributed by atoms with Crippen molar-refractivity contribution in [2.75, 3.05) is 0 Å². The molecule has 0 aromatic heterocycles. The number of hydrogen-bond donors (Lipinski definition) is 0. The van der Waals surface area contributed by atoms with Crippen molar-refractivity contribution in [1.29, 1.82) is 0 Å². The summed E-state index contributed by atoms with van der Waals surface area (Å²) in [4.78, 5) is 0. The molecular formula is CuGaInSZn. The van der Waals surface area contributed by atoms with E-state index in [0.717, 1.165) is 0 Å². The molecule has 0 nitrogen and oxygen atoms in total. The van der Waals surface area contributed by atoms with E-state index in [-0.39, 0.29) is 62.4 Å². The summed E-state index contributed by atoms with van der Waals surface area (Å²) in [5.74, 6) is 0. The van der Waals surface area contributed by atoms with Gasteiger partial charge in [0, 0.05) is 62.4 Å². The third-order valence-corrected chi connectivity index (χ3v) is 0. The topological polar surface area (TPSA) is 0 Å². The molecule has 5 heavy (non-hydrogen) atoms. The molecule has 0 saturated heterocycles. The van der Waals surface area contributed by atoms with Gasteiger partial charge in [0.1, 0.15) is 0 Å². The fourth-order valence-electron chi connectivity index (χ4n) is 0. The molecule has 0 aliphatic heterocycles. The molecule has 0 unspecified atom stereocenters. The van der Waals surface area contributed by atoms with Crippen LogP contribution in [-0.2, 0) is 36.5 Å². The molecular weight excluding hydrogens is 346 g/mol. The van der Waals surface area contributed by atoms with E-state index in [1.54, 1.807) is 0 Å². The van der Waals surface area contributed by atoms with Crippen molar-refractivity contribution in [3.05, 3.63) is 0 Å². The van der Waals surface area contributed by atoms with Gasteiger partial charge in [-0.3, -0.25) is 0 Å². The first kappa shape index (κ1) is 24.8. The molecule has 0 N–H and O–H groups in total. The van der Waals surface area contributed by atoms with Gasteiger partial charge in [-0.1, -0.05) is 0 Å². The maximum Gasteiger partial charge on any atom is 0 e. The van der Waals surface area contributed by atoms with Crippen LogP contribution in [0.2, 0.25) is 0 Å². The molecule has 0 atom stereocenters. The van der Waals surface area contributed by atoms with Crippen LogP contribution in [0, 0.1) is 0 Å². The normalized spacial score (nSPS) is 0.600. The van der Waals surface area contributed by atoms with Gasteiger partial charge in [0.05, 0.1) is 0 Å². The Bertz CT molecular complexity index is 11.6. The second kappa shape index (κ2) is 28.7. The van der Waals surface area contributed by atoms with Crippen molar-refractivity contribution in [2.24, 2.45) is 0 Å². The fourth-order valence-corrected chi connectivity index (χ4v) is 0. The van der Waals surface area contributed by atoms with Crippen LogP contribution in [-0.4, -0.2) is 42.7 Å². The summed E-state index contributed by atoms with van der Waals surface area (Å²) in [6.07, 6.45) is 0. The van der Waals surface area contributed by atoms with Gasteiger partial charge in [0.15, 0.2) is 0 Å². The Kier molecular flexibility index (Phi) is 143. The maximum absolute atomic E-state index is 4.15. The van der Waals surface area contributed by atoms with Crippen molar-refractivity contribution in [1.82, 2.24) is 0 Å². The van der Waals surface area contributed by atoms with Crippen LogP contribution >= 0.6 is 10.1 Å². The Morgan fingerprint density at radius 1 is 1.20 bits per heavy atom. The molecule has 0 bridgehead atoms. The average Bonchev–Trinajstić information content (AvgIpc) is 1.00. The van der Waals surface area contributed by atoms with E-state index in [2.05, 4.69) is 10.1 Å². The van der Waals surface area contributed by atoms with E-state index in [0.29, 0.717) is 0 Å². The minimum Gasteiger partial charge on any atom is 0 e. The average molecular weight is 346 g/mol. The molecule has 0 aromatic carbocycles. The molecule has 0 aromatic rings. The van der Waals surface area contributed by atoms with Crippen LogP contribution in [0.4, 0.5) is 0 Å². The predicted octanol–water partition coefficient (Wildman–Crippen LogP) is -0.118. The molecule has 0 saturated carbocycles. The van der Waals surface area contributed by atoms with E-state index in [9.17, 15) is 0 Å². The Hall–Kier alpha value is 2.87. The number of hydrogen-bond acceptors (Lipinski definition) is 1. The summed E-state index contributed by atoms with van der Waals surface area (Å²) in [5.41, 5.74) is 0. The van der Waals surface area contributed by atoms with Gasteiger partial charge in [0.25, 0.3) is 0 Å².